The second kappa shape index (κ2) is 5.91. The van der Waals surface area contributed by atoms with Crippen molar-refractivity contribution in [3.63, 3.8) is 0 Å². The molecule has 0 radical (unpaired) electrons. The van der Waals surface area contributed by atoms with E-state index in [0.717, 1.165) is 6.07 Å². The van der Waals surface area contributed by atoms with Crippen LogP contribution in [0.2, 0.25) is 0 Å². The number of rotatable bonds is 4. The number of alkyl halides is 4. The lowest BCUT2D eigenvalue weighted by molar-refractivity contribution is -0.276. The number of nitriles is 1. The minimum Gasteiger partial charge on any atom is -0.496 e. The summed E-state index contributed by atoms with van der Waals surface area (Å²) in [6.07, 6.45) is -4.83. The van der Waals surface area contributed by atoms with Crippen molar-refractivity contribution in [2.75, 3.05) is 7.11 Å². The van der Waals surface area contributed by atoms with Crippen molar-refractivity contribution in [2.24, 2.45) is 0 Å². The molecular formula is C10H8BrF3N2O2. The van der Waals surface area contributed by atoms with Gasteiger partial charge in [0.15, 0.2) is 0 Å². The summed E-state index contributed by atoms with van der Waals surface area (Å²) in [4.78, 5) is 3.68. The fraction of sp³-hybridized carbons (Fsp3) is 0.400. The van der Waals surface area contributed by atoms with Gasteiger partial charge in [-0.1, -0.05) is 15.9 Å². The fourth-order valence-electron chi connectivity index (χ4n) is 1.31. The molecule has 0 amide bonds. The van der Waals surface area contributed by atoms with Crippen molar-refractivity contribution >= 4 is 15.9 Å². The molecule has 0 atom stereocenters. The van der Waals surface area contributed by atoms with E-state index in [1.54, 1.807) is 0 Å². The Balaban J connectivity index is 3.22. The van der Waals surface area contributed by atoms with Crippen molar-refractivity contribution in [2.45, 2.75) is 18.1 Å². The van der Waals surface area contributed by atoms with Crippen LogP contribution in [0.1, 0.15) is 11.3 Å². The van der Waals surface area contributed by atoms with Gasteiger partial charge in [0.05, 0.1) is 25.3 Å². The number of aromatic nitrogens is 1. The van der Waals surface area contributed by atoms with Gasteiger partial charge >= 0.3 is 6.36 Å². The zero-order valence-electron chi connectivity index (χ0n) is 9.21. The smallest absolute Gasteiger partial charge is 0.496 e. The Morgan fingerprint density at radius 1 is 1.50 bits per heavy atom. The third-order valence-electron chi connectivity index (χ3n) is 1.97. The molecule has 0 saturated carbocycles. The summed E-state index contributed by atoms with van der Waals surface area (Å²) in [6, 6.07) is 2.90. The molecule has 0 aliphatic rings. The minimum atomic E-state index is -4.82. The first-order valence-corrected chi connectivity index (χ1v) is 5.79. The van der Waals surface area contributed by atoms with E-state index in [1.807, 2.05) is 6.07 Å². The monoisotopic (exact) mass is 324 g/mol. The van der Waals surface area contributed by atoms with Crippen molar-refractivity contribution in [1.82, 2.24) is 4.98 Å². The quantitative estimate of drug-likeness (QED) is 0.799. The first kappa shape index (κ1) is 14.6. The van der Waals surface area contributed by atoms with Crippen LogP contribution in [-0.2, 0) is 11.8 Å². The number of pyridine rings is 1. The molecule has 18 heavy (non-hydrogen) atoms. The zero-order chi connectivity index (χ0) is 13.8. The van der Waals surface area contributed by atoms with Gasteiger partial charge in [-0.15, -0.1) is 13.2 Å². The molecule has 1 heterocycles. The summed E-state index contributed by atoms with van der Waals surface area (Å²) in [5.41, 5.74) is 0.710. The molecule has 0 fully saturated rings. The van der Waals surface area contributed by atoms with Crippen molar-refractivity contribution < 1.29 is 22.6 Å². The average molecular weight is 325 g/mol. The Morgan fingerprint density at radius 3 is 2.61 bits per heavy atom. The van der Waals surface area contributed by atoms with E-state index < -0.39 is 12.2 Å². The van der Waals surface area contributed by atoms with Crippen LogP contribution in [0, 0.1) is 11.3 Å². The molecule has 0 spiro atoms. The van der Waals surface area contributed by atoms with E-state index in [2.05, 4.69) is 25.7 Å². The van der Waals surface area contributed by atoms with E-state index >= 15 is 0 Å². The zero-order valence-corrected chi connectivity index (χ0v) is 10.8. The standard InChI is InChI=1S/C10H8BrF3N2O2/c1-17-8-4-9(18-10(12,13)14)16-7(5-11)6(8)2-3-15/h4H,2,5H2,1H3. The summed E-state index contributed by atoms with van der Waals surface area (Å²) in [5.74, 6) is -0.476. The lowest BCUT2D eigenvalue weighted by Gasteiger charge is -2.13. The number of ether oxygens (including phenoxy) is 2. The Morgan fingerprint density at radius 2 is 2.17 bits per heavy atom. The van der Waals surface area contributed by atoms with E-state index in [1.165, 1.54) is 7.11 Å². The lowest BCUT2D eigenvalue weighted by atomic mass is 10.1. The van der Waals surface area contributed by atoms with Crippen molar-refractivity contribution in [3.8, 4) is 17.7 Å². The second-order valence-electron chi connectivity index (χ2n) is 3.10. The van der Waals surface area contributed by atoms with Crippen LogP contribution >= 0.6 is 15.9 Å². The van der Waals surface area contributed by atoms with Crippen LogP contribution in [0.15, 0.2) is 6.07 Å². The fourth-order valence-corrected chi connectivity index (χ4v) is 1.77. The number of methoxy groups -OCH3 is 1. The number of hydrogen-bond acceptors (Lipinski definition) is 4. The molecule has 0 bridgehead atoms. The summed E-state index contributed by atoms with van der Waals surface area (Å²) < 4.78 is 44.9. The van der Waals surface area contributed by atoms with Gasteiger partial charge in [-0.25, -0.2) is 4.98 Å². The maximum Gasteiger partial charge on any atom is 0.574 e. The highest BCUT2D eigenvalue weighted by atomic mass is 79.9. The normalized spacial score (nSPS) is 10.9. The van der Waals surface area contributed by atoms with Gasteiger partial charge < -0.3 is 9.47 Å². The average Bonchev–Trinajstić information content (AvgIpc) is 2.28. The second-order valence-corrected chi connectivity index (χ2v) is 3.67. The van der Waals surface area contributed by atoms with Gasteiger partial charge in [0.1, 0.15) is 5.75 Å². The highest BCUT2D eigenvalue weighted by molar-refractivity contribution is 9.08. The van der Waals surface area contributed by atoms with E-state index in [-0.39, 0.29) is 23.2 Å². The van der Waals surface area contributed by atoms with Crippen LogP contribution in [0.4, 0.5) is 13.2 Å². The van der Waals surface area contributed by atoms with E-state index in [4.69, 9.17) is 10.00 Å². The molecule has 0 unspecified atom stereocenters. The van der Waals surface area contributed by atoms with Gasteiger partial charge in [-0.2, -0.15) is 5.26 Å². The molecule has 0 saturated heterocycles. The third kappa shape index (κ3) is 3.77. The van der Waals surface area contributed by atoms with Gasteiger partial charge in [0.25, 0.3) is 0 Å². The maximum atomic E-state index is 12.1. The number of nitrogens with zero attached hydrogens (tertiary/aromatic N) is 2. The van der Waals surface area contributed by atoms with Crippen LogP contribution < -0.4 is 9.47 Å². The molecule has 0 aliphatic heterocycles. The Bertz CT molecular complexity index is 446. The predicted octanol–water partition coefficient (Wildman–Crippen LogP) is 2.95. The molecule has 0 aromatic carbocycles. The van der Waals surface area contributed by atoms with Gasteiger partial charge in [0.2, 0.25) is 5.88 Å². The van der Waals surface area contributed by atoms with Gasteiger partial charge in [-0.05, 0) is 0 Å². The maximum absolute atomic E-state index is 12.1. The van der Waals surface area contributed by atoms with Crippen LogP contribution in [-0.4, -0.2) is 18.5 Å². The molecular weight excluding hydrogens is 317 g/mol. The summed E-state index contributed by atoms with van der Waals surface area (Å²) >= 11 is 3.09. The summed E-state index contributed by atoms with van der Waals surface area (Å²) in [7, 11) is 1.30. The SMILES string of the molecule is COc1cc(OC(F)(F)F)nc(CBr)c1CC#N. The summed E-state index contributed by atoms with van der Waals surface area (Å²) in [5, 5.41) is 8.85. The van der Waals surface area contributed by atoms with Crippen LogP contribution in [0.3, 0.4) is 0 Å². The van der Waals surface area contributed by atoms with Crippen molar-refractivity contribution in [1.29, 1.82) is 5.26 Å². The highest BCUT2D eigenvalue weighted by Crippen LogP contribution is 2.30. The number of halogens is 4. The van der Waals surface area contributed by atoms with Gasteiger partial charge in [-0.3, -0.25) is 0 Å². The molecule has 8 heteroatoms. The van der Waals surface area contributed by atoms with E-state index in [0.29, 0.717) is 5.56 Å². The first-order chi connectivity index (χ1) is 8.41. The first-order valence-electron chi connectivity index (χ1n) is 4.66. The molecule has 1 rings (SSSR count). The topological polar surface area (TPSA) is 55.1 Å². The molecule has 98 valence electrons. The molecule has 0 N–H and O–H groups in total. The van der Waals surface area contributed by atoms with Crippen LogP contribution in [0.25, 0.3) is 0 Å². The molecule has 0 aliphatic carbocycles. The van der Waals surface area contributed by atoms with E-state index in [9.17, 15) is 13.2 Å². The molecule has 1 aromatic heterocycles. The molecule has 1 aromatic rings. The largest absolute Gasteiger partial charge is 0.574 e. The third-order valence-corrected chi connectivity index (χ3v) is 2.50. The Hall–Kier alpha value is -1.49. The summed E-state index contributed by atoms with van der Waals surface area (Å²) in [6.45, 7) is 0. The molecule has 4 nitrogen and oxygen atoms in total. The number of hydrogen-bond donors (Lipinski definition) is 0. The highest BCUT2D eigenvalue weighted by Gasteiger charge is 2.32. The Kier molecular flexibility index (Phi) is 4.78. The minimum absolute atomic E-state index is 0.0105. The van der Waals surface area contributed by atoms with Crippen molar-refractivity contribution in [3.05, 3.63) is 17.3 Å². The van der Waals surface area contributed by atoms with Gasteiger partial charge in [0, 0.05) is 17.0 Å². The Labute approximate surface area is 109 Å². The predicted molar refractivity (Wildman–Crippen MR) is 59.4 cm³/mol. The lowest BCUT2D eigenvalue weighted by Crippen LogP contribution is -2.18. The van der Waals surface area contributed by atoms with Crippen LogP contribution in [0.5, 0.6) is 11.6 Å².